The van der Waals surface area contributed by atoms with Gasteiger partial charge in [0.15, 0.2) is 0 Å². The molecule has 150 valence electrons. The lowest BCUT2D eigenvalue weighted by Crippen LogP contribution is -2.13. The van der Waals surface area contributed by atoms with Crippen LogP contribution in [0.1, 0.15) is 64.9 Å². The Balaban J connectivity index is 2.50. The van der Waals surface area contributed by atoms with E-state index in [4.69, 9.17) is 9.15 Å². The Bertz CT molecular complexity index is 621. The van der Waals surface area contributed by atoms with Crippen molar-refractivity contribution in [2.75, 3.05) is 6.61 Å². The molecule has 0 fully saturated rings. The molecule has 1 rings (SSSR count). The summed E-state index contributed by atoms with van der Waals surface area (Å²) >= 11 is 0. The normalized spacial score (nSPS) is 12.5. The molecule has 1 N–H and O–H groups in total. The first-order chi connectivity index (χ1) is 12.9. The fourth-order valence-corrected chi connectivity index (χ4v) is 2.85. The van der Waals surface area contributed by atoms with Gasteiger partial charge in [-0.1, -0.05) is 17.7 Å². The van der Waals surface area contributed by atoms with Crippen LogP contribution in [0.3, 0.4) is 0 Å². The Morgan fingerprint density at radius 1 is 1.19 bits per heavy atom. The van der Waals surface area contributed by atoms with E-state index in [-0.39, 0.29) is 18.5 Å². The molecule has 1 heterocycles. The van der Waals surface area contributed by atoms with Gasteiger partial charge >= 0.3 is 11.9 Å². The van der Waals surface area contributed by atoms with Crippen LogP contribution in [0, 0.1) is 5.92 Å². The summed E-state index contributed by atoms with van der Waals surface area (Å²) in [7, 11) is 0. The highest BCUT2D eigenvalue weighted by molar-refractivity contribution is 5.69. The van der Waals surface area contributed by atoms with Crippen LogP contribution in [-0.2, 0) is 20.7 Å². The zero-order chi connectivity index (χ0) is 20.1. The fraction of sp³-hybridized carbons (Fsp3) is 0.545. The van der Waals surface area contributed by atoms with Gasteiger partial charge in [-0.05, 0) is 76.0 Å². The average Bonchev–Trinajstić information content (AvgIpc) is 3.10. The Hall–Kier alpha value is -2.30. The minimum atomic E-state index is -0.734. The van der Waals surface area contributed by atoms with E-state index in [0.717, 1.165) is 43.2 Å². The number of hydrogen-bond donors (Lipinski definition) is 1. The van der Waals surface area contributed by atoms with Crippen LogP contribution < -0.4 is 0 Å². The highest BCUT2D eigenvalue weighted by Crippen LogP contribution is 2.19. The second-order valence-electron chi connectivity index (χ2n) is 7.10. The number of ether oxygens (including phenoxy) is 1. The summed E-state index contributed by atoms with van der Waals surface area (Å²) in [5, 5.41) is 9.41. The van der Waals surface area contributed by atoms with Crippen molar-refractivity contribution in [3.63, 3.8) is 0 Å². The van der Waals surface area contributed by atoms with Gasteiger partial charge < -0.3 is 14.3 Å². The molecule has 0 amide bonds. The molecule has 27 heavy (non-hydrogen) atoms. The molecule has 1 unspecified atom stereocenters. The number of carbonyl (C=O) groups is 2. The molecule has 0 spiro atoms. The zero-order valence-electron chi connectivity index (χ0n) is 16.7. The summed E-state index contributed by atoms with van der Waals surface area (Å²) < 4.78 is 10.2. The van der Waals surface area contributed by atoms with Crippen molar-refractivity contribution in [1.82, 2.24) is 0 Å². The molecule has 0 saturated carbocycles. The van der Waals surface area contributed by atoms with Crippen LogP contribution in [0.25, 0.3) is 0 Å². The molecule has 0 aliphatic rings. The summed E-state index contributed by atoms with van der Waals surface area (Å²) in [5.41, 5.74) is 3.38. The quantitative estimate of drug-likeness (QED) is 0.372. The van der Waals surface area contributed by atoms with Crippen molar-refractivity contribution >= 4 is 11.9 Å². The molecule has 5 nitrogen and oxygen atoms in total. The van der Waals surface area contributed by atoms with Gasteiger partial charge in [-0.3, -0.25) is 9.59 Å². The second-order valence-corrected chi connectivity index (χ2v) is 7.10. The smallest absolute Gasteiger partial charge is 0.306 e. The van der Waals surface area contributed by atoms with Crippen LogP contribution in [0.4, 0.5) is 0 Å². The van der Waals surface area contributed by atoms with Gasteiger partial charge in [-0.2, -0.15) is 0 Å². The van der Waals surface area contributed by atoms with Crippen LogP contribution in [0.15, 0.2) is 46.3 Å². The minimum Gasteiger partial charge on any atom is -0.481 e. The van der Waals surface area contributed by atoms with Crippen molar-refractivity contribution < 1.29 is 23.8 Å². The highest BCUT2D eigenvalue weighted by Gasteiger charge is 2.16. The molecule has 0 aliphatic carbocycles. The van der Waals surface area contributed by atoms with E-state index >= 15 is 0 Å². The summed E-state index contributed by atoms with van der Waals surface area (Å²) in [5.74, 6) is -1.37. The molecule has 1 aromatic rings. The number of allylic oxidation sites excluding steroid dienone is 3. The number of carbonyl (C=O) groups excluding carboxylic acids is 1. The number of carboxylic acids is 1. The maximum Gasteiger partial charge on any atom is 0.306 e. The standard InChI is InChI=1S/C22H32O5/c1-17(2)7-4-11-21(22(24)25)12-6-10-19(16-27-18(3)23)8-5-9-20-13-14-26-15-20/h7-8,13-15,21H,4-6,9-12,16H2,1-3H3,(H,24,25)/b19-8-. The van der Waals surface area contributed by atoms with Gasteiger partial charge in [0.25, 0.3) is 0 Å². The first-order valence-corrected chi connectivity index (χ1v) is 9.57. The summed E-state index contributed by atoms with van der Waals surface area (Å²) in [6, 6.07) is 1.93. The van der Waals surface area contributed by atoms with Gasteiger partial charge in [0.05, 0.1) is 18.4 Å². The van der Waals surface area contributed by atoms with Gasteiger partial charge in [0.1, 0.15) is 6.61 Å². The highest BCUT2D eigenvalue weighted by atomic mass is 16.5. The predicted molar refractivity (Wildman–Crippen MR) is 105 cm³/mol. The van der Waals surface area contributed by atoms with Crippen molar-refractivity contribution in [3.05, 3.63) is 47.5 Å². The first-order valence-electron chi connectivity index (χ1n) is 9.57. The largest absolute Gasteiger partial charge is 0.481 e. The number of carboxylic acid groups (broad SMARTS) is 1. The molecule has 0 saturated heterocycles. The minimum absolute atomic E-state index is 0.274. The number of esters is 1. The topological polar surface area (TPSA) is 76.7 Å². The molecular formula is C22H32O5. The van der Waals surface area contributed by atoms with E-state index < -0.39 is 5.97 Å². The van der Waals surface area contributed by atoms with Gasteiger partial charge in [0, 0.05) is 6.92 Å². The van der Waals surface area contributed by atoms with E-state index in [9.17, 15) is 14.7 Å². The Labute approximate surface area is 162 Å². The van der Waals surface area contributed by atoms with Gasteiger partial charge in [-0.15, -0.1) is 0 Å². The number of rotatable bonds is 13. The summed E-state index contributed by atoms with van der Waals surface area (Å²) in [6.45, 7) is 5.71. The average molecular weight is 376 g/mol. The van der Waals surface area contributed by atoms with Gasteiger partial charge in [-0.25, -0.2) is 0 Å². The van der Waals surface area contributed by atoms with Crippen molar-refractivity contribution in [2.24, 2.45) is 5.92 Å². The number of aryl methyl sites for hydroxylation is 1. The van der Waals surface area contributed by atoms with Crippen LogP contribution in [0.2, 0.25) is 0 Å². The van der Waals surface area contributed by atoms with Crippen LogP contribution in [0.5, 0.6) is 0 Å². The third-order valence-corrected chi connectivity index (χ3v) is 4.37. The molecule has 0 aliphatic heterocycles. The number of hydrogen-bond acceptors (Lipinski definition) is 4. The third kappa shape index (κ3) is 11.1. The lowest BCUT2D eigenvalue weighted by Gasteiger charge is -2.13. The maximum atomic E-state index is 11.5. The lowest BCUT2D eigenvalue weighted by molar-refractivity contribution is -0.142. The van der Waals surface area contributed by atoms with E-state index in [2.05, 4.69) is 12.2 Å². The van der Waals surface area contributed by atoms with Crippen LogP contribution in [-0.4, -0.2) is 23.7 Å². The summed E-state index contributed by atoms with van der Waals surface area (Å²) in [4.78, 5) is 22.6. The van der Waals surface area contributed by atoms with E-state index in [0.29, 0.717) is 12.8 Å². The number of aliphatic carboxylic acids is 1. The van der Waals surface area contributed by atoms with Crippen molar-refractivity contribution in [2.45, 2.75) is 65.7 Å². The SMILES string of the molecule is CC(=O)OC/C(=C\CCc1ccoc1)CCCC(CCC=C(C)C)C(=O)O. The third-order valence-electron chi connectivity index (χ3n) is 4.37. The maximum absolute atomic E-state index is 11.5. The summed E-state index contributed by atoms with van der Waals surface area (Å²) in [6.07, 6.45) is 12.8. The fourth-order valence-electron chi connectivity index (χ4n) is 2.85. The van der Waals surface area contributed by atoms with E-state index in [1.165, 1.54) is 12.5 Å². The second kappa shape index (κ2) is 13.0. The molecule has 0 bridgehead atoms. The Morgan fingerprint density at radius 3 is 2.56 bits per heavy atom. The van der Waals surface area contributed by atoms with Crippen LogP contribution >= 0.6 is 0 Å². The molecular weight excluding hydrogens is 344 g/mol. The molecule has 0 radical (unpaired) electrons. The van der Waals surface area contributed by atoms with E-state index in [1.807, 2.05) is 19.9 Å². The molecule has 0 aromatic carbocycles. The van der Waals surface area contributed by atoms with Gasteiger partial charge in [0.2, 0.25) is 0 Å². The Morgan fingerprint density at radius 2 is 1.96 bits per heavy atom. The van der Waals surface area contributed by atoms with Crippen molar-refractivity contribution in [3.8, 4) is 0 Å². The molecule has 1 aromatic heterocycles. The lowest BCUT2D eigenvalue weighted by atomic mass is 9.94. The Kier molecular flexibility index (Phi) is 10.9. The van der Waals surface area contributed by atoms with Crippen molar-refractivity contribution in [1.29, 1.82) is 0 Å². The zero-order valence-corrected chi connectivity index (χ0v) is 16.7. The number of furan rings is 1. The monoisotopic (exact) mass is 376 g/mol. The molecule has 1 atom stereocenters. The predicted octanol–water partition coefficient (Wildman–Crippen LogP) is 5.32. The first kappa shape index (κ1) is 22.7. The molecule has 5 heteroatoms. The van der Waals surface area contributed by atoms with E-state index in [1.54, 1.807) is 12.5 Å².